The number of amides is 2. The Hall–Kier alpha value is -2.54. The third-order valence-electron chi connectivity index (χ3n) is 3.97. The molecule has 0 spiro atoms. The van der Waals surface area contributed by atoms with Gasteiger partial charge in [-0.1, -0.05) is 36.4 Å². The Kier molecular flexibility index (Phi) is 7.03. The number of aliphatic hydroxyl groups excluding tert-OH is 1. The third kappa shape index (κ3) is 6.07. The third-order valence-corrected chi connectivity index (χ3v) is 3.97. The van der Waals surface area contributed by atoms with Crippen molar-refractivity contribution in [2.75, 3.05) is 18.5 Å². The number of hydrogen-bond acceptors (Lipinski definition) is 2. The number of aliphatic hydroxyl groups is 1. The molecule has 26 heavy (non-hydrogen) atoms. The van der Waals surface area contributed by atoms with E-state index in [4.69, 9.17) is 0 Å². The van der Waals surface area contributed by atoms with Crippen molar-refractivity contribution in [3.8, 4) is 0 Å². The Labute approximate surface area is 150 Å². The van der Waals surface area contributed by atoms with Crippen LogP contribution in [0.25, 0.3) is 0 Å². The number of hydrogen-bond donors (Lipinski definition) is 3. The molecule has 2 amide bonds. The molecule has 0 aliphatic carbocycles. The van der Waals surface area contributed by atoms with Crippen LogP contribution in [0.1, 0.15) is 29.9 Å². The Bertz CT molecular complexity index is 705. The van der Waals surface area contributed by atoms with Gasteiger partial charge in [0.2, 0.25) is 0 Å². The molecular formula is C19H21F3N2O2. The summed E-state index contributed by atoms with van der Waals surface area (Å²) in [6, 6.07) is 13.5. The second-order valence-corrected chi connectivity index (χ2v) is 5.87. The maximum Gasteiger partial charge on any atom is 0.416 e. The van der Waals surface area contributed by atoms with Crippen LogP contribution in [0.2, 0.25) is 0 Å². The molecule has 0 fully saturated rings. The van der Waals surface area contributed by atoms with Crippen LogP contribution in [-0.4, -0.2) is 24.3 Å². The zero-order valence-electron chi connectivity index (χ0n) is 14.1. The monoisotopic (exact) mass is 366 g/mol. The van der Waals surface area contributed by atoms with Gasteiger partial charge in [-0.15, -0.1) is 0 Å². The molecule has 2 aromatic carbocycles. The number of nitrogens with one attached hydrogen (secondary N) is 2. The lowest BCUT2D eigenvalue weighted by Crippen LogP contribution is -2.30. The summed E-state index contributed by atoms with van der Waals surface area (Å²) in [4.78, 5) is 11.9. The van der Waals surface area contributed by atoms with Gasteiger partial charge in [-0.25, -0.2) is 4.79 Å². The lowest BCUT2D eigenvalue weighted by Gasteiger charge is -2.17. The van der Waals surface area contributed by atoms with Crippen molar-refractivity contribution in [3.05, 3.63) is 65.7 Å². The maximum atomic E-state index is 12.7. The van der Waals surface area contributed by atoms with E-state index in [1.807, 2.05) is 30.3 Å². The summed E-state index contributed by atoms with van der Waals surface area (Å²) in [6.07, 6.45) is -3.27. The highest BCUT2D eigenvalue weighted by Gasteiger charge is 2.30. The van der Waals surface area contributed by atoms with Gasteiger partial charge in [0.05, 0.1) is 5.56 Å². The van der Waals surface area contributed by atoms with E-state index in [0.29, 0.717) is 19.4 Å². The molecule has 0 radical (unpaired) electrons. The first-order valence-electron chi connectivity index (χ1n) is 8.28. The maximum absolute atomic E-state index is 12.7. The number of benzene rings is 2. The molecule has 0 aliphatic rings. The lowest BCUT2D eigenvalue weighted by molar-refractivity contribution is -0.137. The summed E-state index contributed by atoms with van der Waals surface area (Å²) in [5.74, 6) is 0.0926. The van der Waals surface area contributed by atoms with E-state index in [-0.39, 0.29) is 18.2 Å². The highest BCUT2D eigenvalue weighted by molar-refractivity contribution is 5.89. The molecule has 2 rings (SSSR count). The minimum Gasteiger partial charge on any atom is -0.396 e. The Morgan fingerprint density at radius 1 is 1.04 bits per heavy atom. The fourth-order valence-electron chi connectivity index (χ4n) is 2.67. The van der Waals surface area contributed by atoms with E-state index < -0.39 is 17.8 Å². The number of alkyl halides is 3. The van der Waals surface area contributed by atoms with E-state index in [9.17, 15) is 23.1 Å². The quantitative estimate of drug-likeness (QED) is 0.681. The standard InChI is InChI=1S/C19H21F3N2O2/c20-19(21,22)16-7-4-8-17(13-16)24-18(26)23-11-9-15(10-12-25)14-5-2-1-3-6-14/h1-8,13,15,25H,9-12H2,(H2,23,24,26)/t15-/m0/s1. The molecule has 0 bridgehead atoms. The minimum absolute atomic E-state index is 0.0377. The molecular weight excluding hydrogens is 345 g/mol. The van der Waals surface area contributed by atoms with Gasteiger partial charge < -0.3 is 15.7 Å². The van der Waals surface area contributed by atoms with Crippen LogP contribution in [0, 0.1) is 0 Å². The van der Waals surface area contributed by atoms with Crippen LogP contribution < -0.4 is 10.6 Å². The van der Waals surface area contributed by atoms with Crippen LogP contribution in [-0.2, 0) is 6.18 Å². The second kappa shape index (κ2) is 9.24. The van der Waals surface area contributed by atoms with Crippen molar-refractivity contribution in [3.63, 3.8) is 0 Å². The average Bonchev–Trinajstić information content (AvgIpc) is 2.61. The van der Waals surface area contributed by atoms with Gasteiger partial charge in [0.15, 0.2) is 0 Å². The van der Waals surface area contributed by atoms with Gasteiger partial charge in [-0.05, 0) is 42.5 Å². The summed E-state index contributed by atoms with van der Waals surface area (Å²) in [6.45, 7) is 0.375. The van der Waals surface area contributed by atoms with Gasteiger partial charge in [0.1, 0.15) is 0 Å². The number of carbonyl (C=O) groups excluding carboxylic acids is 1. The molecule has 2 aromatic rings. The highest BCUT2D eigenvalue weighted by atomic mass is 19.4. The predicted octanol–water partition coefficient (Wildman–Crippen LogP) is 4.38. The summed E-state index contributed by atoms with van der Waals surface area (Å²) >= 11 is 0. The number of carbonyl (C=O) groups is 1. The Morgan fingerprint density at radius 2 is 1.77 bits per heavy atom. The fraction of sp³-hybridized carbons (Fsp3) is 0.316. The van der Waals surface area contributed by atoms with Gasteiger partial charge in [0, 0.05) is 18.8 Å². The zero-order valence-corrected chi connectivity index (χ0v) is 14.1. The van der Waals surface area contributed by atoms with Gasteiger partial charge in [-0.2, -0.15) is 13.2 Å². The number of urea groups is 1. The summed E-state index contributed by atoms with van der Waals surface area (Å²) in [7, 11) is 0. The summed E-state index contributed by atoms with van der Waals surface area (Å²) in [5, 5.41) is 14.2. The molecule has 0 saturated carbocycles. The second-order valence-electron chi connectivity index (χ2n) is 5.87. The minimum atomic E-state index is -4.46. The Morgan fingerprint density at radius 3 is 2.42 bits per heavy atom. The number of halogens is 3. The normalized spacial score (nSPS) is 12.5. The molecule has 3 N–H and O–H groups in total. The smallest absolute Gasteiger partial charge is 0.396 e. The number of rotatable bonds is 7. The first kappa shape index (κ1) is 19.8. The molecule has 0 saturated heterocycles. The molecule has 0 aliphatic heterocycles. The van der Waals surface area contributed by atoms with E-state index in [2.05, 4.69) is 10.6 Å². The largest absolute Gasteiger partial charge is 0.416 e. The molecule has 4 nitrogen and oxygen atoms in total. The molecule has 0 unspecified atom stereocenters. The van der Waals surface area contributed by atoms with Crippen molar-refractivity contribution in [2.45, 2.75) is 24.9 Å². The zero-order chi connectivity index (χ0) is 19.0. The topological polar surface area (TPSA) is 61.4 Å². The van der Waals surface area contributed by atoms with E-state index in [1.165, 1.54) is 12.1 Å². The molecule has 0 heterocycles. The van der Waals surface area contributed by atoms with Gasteiger partial charge in [-0.3, -0.25) is 0 Å². The van der Waals surface area contributed by atoms with Crippen molar-refractivity contribution >= 4 is 11.7 Å². The van der Waals surface area contributed by atoms with Crippen LogP contribution in [0.3, 0.4) is 0 Å². The predicted molar refractivity (Wildman–Crippen MR) is 94.0 cm³/mol. The van der Waals surface area contributed by atoms with Crippen molar-refractivity contribution in [2.24, 2.45) is 0 Å². The van der Waals surface area contributed by atoms with Gasteiger partial charge in [0.25, 0.3) is 0 Å². The Balaban J connectivity index is 1.86. The summed E-state index contributed by atoms with van der Waals surface area (Å²) < 4.78 is 38.0. The molecule has 0 aromatic heterocycles. The van der Waals surface area contributed by atoms with Crippen molar-refractivity contribution < 1.29 is 23.1 Å². The van der Waals surface area contributed by atoms with E-state index in [1.54, 1.807) is 0 Å². The molecule has 140 valence electrons. The van der Waals surface area contributed by atoms with Crippen LogP contribution in [0.5, 0.6) is 0 Å². The fourth-order valence-corrected chi connectivity index (χ4v) is 2.67. The first-order chi connectivity index (χ1) is 12.4. The first-order valence-corrected chi connectivity index (χ1v) is 8.28. The van der Waals surface area contributed by atoms with Crippen molar-refractivity contribution in [1.82, 2.24) is 5.32 Å². The van der Waals surface area contributed by atoms with Crippen LogP contribution >= 0.6 is 0 Å². The lowest BCUT2D eigenvalue weighted by atomic mass is 9.93. The van der Waals surface area contributed by atoms with E-state index in [0.717, 1.165) is 17.7 Å². The highest BCUT2D eigenvalue weighted by Crippen LogP contribution is 2.30. The number of anilines is 1. The molecule has 7 heteroatoms. The SMILES string of the molecule is O=C(NCC[C@@H](CCO)c1ccccc1)Nc1cccc(C(F)(F)F)c1. The van der Waals surface area contributed by atoms with Crippen LogP contribution in [0.4, 0.5) is 23.7 Å². The summed E-state index contributed by atoms with van der Waals surface area (Å²) in [5.41, 5.74) is 0.330. The van der Waals surface area contributed by atoms with Crippen LogP contribution in [0.15, 0.2) is 54.6 Å². The van der Waals surface area contributed by atoms with Crippen molar-refractivity contribution in [1.29, 1.82) is 0 Å². The molecule has 1 atom stereocenters. The average molecular weight is 366 g/mol. The van der Waals surface area contributed by atoms with E-state index >= 15 is 0 Å². The van der Waals surface area contributed by atoms with Gasteiger partial charge >= 0.3 is 12.2 Å².